The second-order valence-corrected chi connectivity index (χ2v) is 2.74. The third kappa shape index (κ3) is 0.902. The number of H-pyrrole nitrogens is 1. The third-order valence-corrected chi connectivity index (χ3v) is 2.03. The summed E-state index contributed by atoms with van der Waals surface area (Å²) in [7, 11) is 0. The van der Waals surface area contributed by atoms with Gasteiger partial charge in [0.15, 0.2) is 0 Å². The van der Waals surface area contributed by atoms with Crippen molar-refractivity contribution < 1.29 is 4.79 Å². The Kier molecular flexibility index (Phi) is 1.58. The summed E-state index contributed by atoms with van der Waals surface area (Å²) in [5, 5.41) is 3.09. The second-order valence-electron chi connectivity index (χ2n) is 2.74. The first-order valence-corrected chi connectivity index (χ1v) is 3.78. The molecule has 0 saturated heterocycles. The molecule has 12 heavy (non-hydrogen) atoms. The van der Waals surface area contributed by atoms with Gasteiger partial charge in [-0.15, -0.1) is 0 Å². The number of fused-ring (bicyclic) bond motifs is 1. The molecule has 0 bridgehead atoms. The molecular weight excluding hydrogens is 158 g/mol. The van der Waals surface area contributed by atoms with Crippen molar-refractivity contribution in [2.45, 2.75) is 19.6 Å². The summed E-state index contributed by atoms with van der Waals surface area (Å²) in [6.45, 7) is 1.50. The quantitative estimate of drug-likeness (QED) is 0.554. The summed E-state index contributed by atoms with van der Waals surface area (Å²) in [5.41, 5.74) is 1.63. The molecule has 0 atom stereocenters. The number of nitrogens with one attached hydrogen (secondary N) is 2. The first kappa shape index (κ1) is 7.30. The van der Waals surface area contributed by atoms with E-state index in [1.165, 1.54) is 4.57 Å². The number of imidazole rings is 1. The molecule has 64 valence electrons. The monoisotopic (exact) mass is 167 g/mol. The van der Waals surface area contributed by atoms with E-state index in [2.05, 4.69) is 10.3 Å². The van der Waals surface area contributed by atoms with Crippen LogP contribution in [0.25, 0.3) is 0 Å². The van der Waals surface area contributed by atoms with Crippen LogP contribution < -0.4 is 11.0 Å². The minimum Gasteiger partial charge on any atom is -0.308 e. The van der Waals surface area contributed by atoms with Gasteiger partial charge in [-0.2, -0.15) is 0 Å². The number of rotatable bonds is 2. The number of carbonyl (C=O) groups excluding carboxylic acids is 1. The molecule has 0 radical (unpaired) electrons. The lowest BCUT2D eigenvalue weighted by Gasteiger charge is -1.97. The van der Waals surface area contributed by atoms with Gasteiger partial charge >= 0.3 is 5.69 Å². The van der Waals surface area contributed by atoms with Gasteiger partial charge in [0.2, 0.25) is 0 Å². The number of aromatic nitrogens is 2. The van der Waals surface area contributed by atoms with Crippen LogP contribution in [0.5, 0.6) is 0 Å². The van der Waals surface area contributed by atoms with Gasteiger partial charge in [-0.1, -0.05) is 0 Å². The number of aromatic amines is 1. The van der Waals surface area contributed by atoms with Crippen molar-refractivity contribution in [3.05, 3.63) is 21.9 Å². The van der Waals surface area contributed by atoms with Gasteiger partial charge in [0.25, 0.3) is 0 Å². The Labute approximate surface area is 68.4 Å². The molecule has 0 saturated carbocycles. The highest BCUT2D eigenvalue weighted by atomic mass is 16.1. The number of carbonyl (C=O) groups is 1. The fourth-order valence-corrected chi connectivity index (χ4v) is 1.48. The maximum absolute atomic E-state index is 11.2. The van der Waals surface area contributed by atoms with E-state index in [4.69, 9.17) is 0 Å². The second kappa shape index (κ2) is 2.60. The van der Waals surface area contributed by atoms with Crippen LogP contribution in [0.3, 0.4) is 0 Å². The fourth-order valence-electron chi connectivity index (χ4n) is 1.48. The van der Waals surface area contributed by atoms with E-state index in [1.807, 2.05) is 0 Å². The van der Waals surface area contributed by atoms with E-state index >= 15 is 0 Å². The third-order valence-electron chi connectivity index (χ3n) is 2.03. The van der Waals surface area contributed by atoms with Crippen LogP contribution in [-0.2, 0) is 24.4 Å². The number of aldehydes is 1. The Morgan fingerprint density at radius 3 is 3.08 bits per heavy atom. The smallest absolute Gasteiger partial charge is 0.308 e. The molecule has 1 aliphatic heterocycles. The average molecular weight is 167 g/mol. The Hall–Kier alpha value is -1.36. The maximum Gasteiger partial charge on any atom is 0.326 e. The van der Waals surface area contributed by atoms with Crippen LogP contribution in [0.1, 0.15) is 11.4 Å². The zero-order valence-electron chi connectivity index (χ0n) is 6.46. The van der Waals surface area contributed by atoms with Crippen LogP contribution >= 0.6 is 0 Å². The number of nitrogens with zero attached hydrogens (tertiary/aromatic N) is 1. The van der Waals surface area contributed by atoms with Crippen molar-refractivity contribution in [3.63, 3.8) is 0 Å². The van der Waals surface area contributed by atoms with Crippen molar-refractivity contribution in [2.24, 2.45) is 0 Å². The molecule has 1 aliphatic rings. The standard InChI is InChI=1S/C7H9N3O2/c11-2-1-10-6-4-8-3-5(6)9-7(10)12/h2,8H,1,3-4H2,(H,9,12). The van der Waals surface area contributed by atoms with Gasteiger partial charge < -0.3 is 15.1 Å². The Bertz CT molecular complexity index is 363. The lowest BCUT2D eigenvalue weighted by atomic mass is 10.4. The molecule has 1 aromatic rings. The van der Waals surface area contributed by atoms with E-state index in [0.717, 1.165) is 17.7 Å². The molecule has 2 heterocycles. The largest absolute Gasteiger partial charge is 0.326 e. The topological polar surface area (TPSA) is 66.9 Å². The van der Waals surface area contributed by atoms with Crippen molar-refractivity contribution in [1.82, 2.24) is 14.9 Å². The van der Waals surface area contributed by atoms with Crippen LogP contribution in [0.15, 0.2) is 4.79 Å². The lowest BCUT2D eigenvalue weighted by Crippen LogP contribution is -2.21. The highest BCUT2D eigenvalue weighted by Crippen LogP contribution is 2.09. The van der Waals surface area contributed by atoms with Crippen molar-refractivity contribution in [3.8, 4) is 0 Å². The first-order valence-electron chi connectivity index (χ1n) is 3.78. The van der Waals surface area contributed by atoms with Gasteiger partial charge in [0.05, 0.1) is 17.9 Å². The molecule has 5 nitrogen and oxygen atoms in total. The minimum atomic E-state index is -0.186. The maximum atomic E-state index is 11.2. The predicted octanol–water partition coefficient (Wildman–Crippen LogP) is -1.02. The number of hydrogen-bond acceptors (Lipinski definition) is 3. The predicted molar refractivity (Wildman–Crippen MR) is 41.7 cm³/mol. The molecule has 2 N–H and O–H groups in total. The molecule has 0 fully saturated rings. The van der Waals surface area contributed by atoms with Gasteiger partial charge in [0.1, 0.15) is 6.29 Å². The van der Waals surface area contributed by atoms with E-state index < -0.39 is 0 Å². The highest BCUT2D eigenvalue weighted by molar-refractivity contribution is 5.49. The molecule has 1 aromatic heterocycles. The summed E-state index contributed by atoms with van der Waals surface area (Å²) < 4.78 is 1.46. The normalized spacial score (nSPS) is 14.7. The van der Waals surface area contributed by atoms with Crippen LogP contribution in [-0.4, -0.2) is 15.8 Å². The SMILES string of the molecule is O=CCn1c2c([nH]c1=O)CNC2. The fraction of sp³-hybridized carbons (Fsp3) is 0.429. The van der Waals surface area contributed by atoms with Crippen LogP contribution in [0, 0.1) is 0 Å². The summed E-state index contributed by atoms with van der Waals surface area (Å²) in [5.74, 6) is 0. The first-order chi connectivity index (χ1) is 5.83. The zero-order valence-corrected chi connectivity index (χ0v) is 6.46. The van der Waals surface area contributed by atoms with Crippen molar-refractivity contribution in [1.29, 1.82) is 0 Å². The molecule has 2 rings (SSSR count). The molecule has 0 aliphatic carbocycles. The molecule has 0 unspecified atom stereocenters. The summed E-state index contributed by atoms with van der Waals surface area (Å²) in [6, 6.07) is 0. The van der Waals surface area contributed by atoms with E-state index in [1.54, 1.807) is 0 Å². The lowest BCUT2D eigenvalue weighted by molar-refractivity contribution is -0.108. The number of hydrogen-bond donors (Lipinski definition) is 2. The molecular formula is C7H9N3O2. The highest BCUT2D eigenvalue weighted by Gasteiger charge is 2.17. The van der Waals surface area contributed by atoms with Crippen molar-refractivity contribution >= 4 is 6.29 Å². The van der Waals surface area contributed by atoms with Gasteiger partial charge in [-0.25, -0.2) is 4.79 Å². The average Bonchev–Trinajstić information content (AvgIpc) is 2.56. The van der Waals surface area contributed by atoms with Gasteiger partial charge in [-0.3, -0.25) is 4.57 Å². The van der Waals surface area contributed by atoms with E-state index in [0.29, 0.717) is 13.1 Å². The Morgan fingerprint density at radius 2 is 2.33 bits per heavy atom. The van der Waals surface area contributed by atoms with E-state index in [-0.39, 0.29) is 12.2 Å². The molecule has 0 aromatic carbocycles. The van der Waals surface area contributed by atoms with Crippen LogP contribution in [0.2, 0.25) is 0 Å². The minimum absolute atomic E-state index is 0.145. The molecule has 5 heteroatoms. The molecule has 0 amide bonds. The molecule has 0 spiro atoms. The van der Waals surface area contributed by atoms with Gasteiger partial charge in [0, 0.05) is 13.1 Å². The summed E-state index contributed by atoms with van der Waals surface area (Å²) in [6.07, 6.45) is 0.730. The van der Waals surface area contributed by atoms with Gasteiger partial charge in [-0.05, 0) is 0 Å². The summed E-state index contributed by atoms with van der Waals surface area (Å²) >= 11 is 0. The van der Waals surface area contributed by atoms with Crippen LogP contribution in [0.4, 0.5) is 0 Å². The zero-order chi connectivity index (χ0) is 8.55. The van der Waals surface area contributed by atoms with Crippen molar-refractivity contribution in [2.75, 3.05) is 0 Å². The Balaban J connectivity index is 2.51. The van der Waals surface area contributed by atoms with E-state index in [9.17, 15) is 9.59 Å². The Morgan fingerprint density at radius 1 is 1.50 bits per heavy atom. The summed E-state index contributed by atoms with van der Waals surface area (Å²) in [4.78, 5) is 24.1.